The smallest absolute Gasteiger partial charge is 0.142 e. The second-order valence-electron chi connectivity index (χ2n) is 3.78. The summed E-state index contributed by atoms with van der Waals surface area (Å²) < 4.78 is 0. The van der Waals surface area contributed by atoms with Crippen molar-refractivity contribution in [1.82, 2.24) is 9.97 Å². The molecular formula is C13H10ClN3S. The fourth-order valence-electron chi connectivity index (χ4n) is 1.78. The number of thiophene rings is 1. The van der Waals surface area contributed by atoms with Gasteiger partial charge in [-0.2, -0.15) is 0 Å². The maximum atomic E-state index is 5.92. The van der Waals surface area contributed by atoms with Crippen LogP contribution in [0.1, 0.15) is 5.56 Å². The largest absolute Gasteiger partial charge is 0.339 e. The van der Waals surface area contributed by atoms with E-state index in [2.05, 4.69) is 15.3 Å². The average molecular weight is 276 g/mol. The predicted molar refractivity (Wildman–Crippen MR) is 76.7 cm³/mol. The Morgan fingerprint density at radius 1 is 1.17 bits per heavy atom. The summed E-state index contributed by atoms with van der Waals surface area (Å²) in [6.07, 6.45) is 1.57. The van der Waals surface area contributed by atoms with Gasteiger partial charge in [0, 0.05) is 11.6 Å². The summed E-state index contributed by atoms with van der Waals surface area (Å²) in [6, 6.07) is 9.97. The van der Waals surface area contributed by atoms with Crippen LogP contribution in [0.4, 0.5) is 11.5 Å². The Morgan fingerprint density at radius 2 is 2.06 bits per heavy atom. The highest BCUT2D eigenvalue weighted by atomic mass is 35.5. The normalized spacial score (nSPS) is 10.7. The van der Waals surface area contributed by atoms with E-state index in [1.807, 2.05) is 35.7 Å². The first kappa shape index (κ1) is 11.4. The minimum Gasteiger partial charge on any atom is -0.339 e. The molecule has 90 valence electrons. The van der Waals surface area contributed by atoms with Gasteiger partial charge in [-0.3, -0.25) is 0 Å². The number of hydrogen-bond donors (Lipinski definition) is 1. The van der Waals surface area contributed by atoms with E-state index >= 15 is 0 Å². The van der Waals surface area contributed by atoms with Crippen molar-refractivity contribution in [1.29, 1.82) is 0 Å². The highest BCUT2D eigenvalue weighted by Crippen LogP contribution is 2.28. The standard InChI is InChI=1S/C13H10ClN3S/c14-7-9-3-1-2-4-11(9)17-12-10-5-6-18-13(10)16-8-15-12/h1-6,8H,7H2,(H,15,16,17). The summed E-state index contributed by atoms with van der Waals surface area (Å²) in [5.41, 5.74) is 2.04. The molecule has 3 rings (SSSR count). The molecule has 0 saturated carbocycles. The van der Waals surface area contributed by atoms with E-state index in [1.165, 1.54) is 0 Å². The van der Waals surface area contributed by atoms with Crippen molar-refractivity contribution in [2.24, 2.45) is 0 Å². The lowest BCUT2D eigenvalue weighted by Crippen LogP contribution is -1.97. The molecule has 0 atom stereocenters. The van der Waals surface area contributed by atoms with E-state index in [4.69, 9.17) is 11.6 Å². The molecule has 2 aromatic heterocycles. The number of para-hydroxylation sites is 1. The average Bonchev–Trinajstić information content (AvgIpc) is 2.89. The molecule has 1 N–H and O–H groups in total. The quantitative estimate of drug-likeness (QED) is 0.729. The molecule has 18 heavy (non-hydrogen) atoms. The van der Waals surface area contributed by atoms with Crippen LogP contribution >= 0.6 is 22.9 Å². The molecule has 2 heterocycles. The second-order valence-corrected chi connectivity index (χ2v) is 4.94. The molecule has 0 aliphatic heterocycles. The van der Waals surface area contributed by atoms with Crippen LogP contribution in [0, 0.1) is 0 Å². The summed E-state index contributed by atoms with van der Waals surface area (Å²) in [7, 11) is 0. The summed E-state index contributed by atoms with van der Waals surface area (Å²) in [6.45, 7) is 0. The van der Waals surface area contributed by atoms with Crippen molar-refractivity contribution in [3.05, 3.63) is 47.6 Å². The van der Waals surface area contributed by atoms with Gasteiger partial charge in [-0.1, -0.05) is 18.2 Å². The Kier molecular flexibility index (Phi) is 3.13. The van der Waals surface area contributed by atoms with Crippen LogP contribution in [0.5, 0.6) is 0 Å². The van der Waals surface area contributed by atoms with E-state index < -0.39 is 0 Å². The van der Waals surface area contributed by atoms with Gasteiger partial charge in [0.2, 0.25) is 0 Å². The van der Waals surface area contributed by atoms with E-state index in [1.54, 1.807) is 17.7 Å². The number of aromatic nitrogens is 2. The van der Waals surface area contributed by atoms with Gasteiger partial charge < -0.3 is 5.32 Å². The van der Waals surface area contributed by atoms with Gasteiger partial charge in [0.05, 0.1) is 5.39 Å². The number of hydrogen-bond acceptors (Lipinski definition) is 4. The summed E-state index contributed by atoms with van der Waals surface area (Å²) >= 11 is 7.53. The van der Waals surface area contributed by atoms with Gasteiger partial charge in [0.25, 0.3) is 0 Å². The summed E-state index contributed by atoms with van der Waals surface area (Å²) in [5.74, 6) is 1.29. The number of rotatable bonds is 3. The molecule has 3 nitrogen and oxygen atoms in total. The van der Waals surface area contributed by atoms with Gasteiger partial charge in [0.15, 0.2) is 0 Å². The van der Waals surface area contributed by atoms with Crippen molar-refractivity contribution in [3.63, 3.8) is 0 Å². The number of halogens is 1. The van der Waals surface area contributed by atoms with Crippen molar-refractivity contribution in [2.75, 3.05) is 5.32 Å². The highest BCUT2D eigenvalue weighted by molar-refractivity contribution is 7.16. The fraction of sp³-hybridized carbons (Fsp3) is 0.0769. The topological polar surface area (TPSA) is 37.8 Å². The van der Waals surface area contributed by atoms with E-state index in [9.17, 15) is 0 Å². The first-order valence-corrected chi connectivity index (χ1v) is 6.89. The maximum absolute atomic E-state index is 5.92. The zero-order valence-electron chi connectivity index (χ0n) is 9.43. The van der Waals surface area contributed by atoms with E-state index in [-0.39, 0.29) is 0 Å². The maximum Gasteiger partial charge on any atom is 0.142 e. The van der Waals surface area contributed by atoms with Gasteiger partial charge in [-0.25, -0.2) is 9.97 Å². The minimum absolute atomic E-state index is 0.473. The predicted octanol–water partition coefficient (Wildman–Crippen LogP) is 4.17. The van der Waals surface area contributed by atoms with Gasteiger partial charge >= 0.3 is 0 Å². The molecule has 0 fully saturated rings. The third-order valence-electron chi connectivity index (χ3n) is 2.68. The Balaban J connectivity index is 2.04. The first-order chi connectivity index (χ1) is 8.88. The van der Waals surface area contributed by atoms with Crippen LogP contribution in [0.3, 0.4) is 0 Å². The number of nitrogens with zero attached hydrogens (tertiary/aromatic N) is 2. The second kappa shape index (κ2) is 4.92. The molecule has 0 spiro atoms. The van der Waals surface area contributed by atoms with Crippen molar-refractivity contribution < 1.29 is 0 Å². The number of fused-ring (bicyclic) bond motifs is 1. The van der Waals surface area contributed by atoms with Crippen LogP contribution in [0.25, 0.3) is 10.2 Å². The van der Waals surface area contributed by atoms with Gasteiger partial charge in [-0.05, 0) is 23.1 Å². The molecular weight excluding hydrogens is 266 g/mol. The Hall–Kier alpha value is -1.65. The van der Waals surface area contributed by atoms with Crippen molar-refractivity contribution >= 4 is 44.7 Å². The van der Waals surface area contributed by atoms with Crippen LogP contribution < -0.4 is 5.32 Å². The highest BCUT2D eigenvalue weighted by Gasteiger charge is 2.06. The lowest BCUT2D eigenvalue weighted by atomic mass is 10.2. The number of benzene rings is 1. The lowest BCUT2D eigenvalue weighted by molar-refractivity contribution is 1.22. The third-order valence-corrected chi connectivity index (χ3v) is 3.78. The number of alkyl halides is 1. The molecule has 0 bridgehead atoms. The molecule has 0 aliphatic carbocycles. The minimum atomic E-state index is 0.473. The van der Waals surface area contributed by atoms with E-state index in [0.29, 0.717) is 5.88 Å². The first-order valence-electron chi connectivity index (χ1n) is 5.47. The lowest BCUT2D eigenvalue weighted by Gasteiger charge is -2.09. The molecule has 0 saturated heterocycles. The fourth-order valence-corrected chi connectivity index (χ4v) is 2.74. The van der Waals surface area contributed by atoms with Crippen LogP contribution in [-0.4, -0.2) is 9.97 Å². The van der Waals surface area contributed by atoms with Crippen molar-refractivity contribution in [2.45, 2.75) is 5.88 Å². The Bertz CT molecular complexity index is 681. The van der Waals surface area contributed by atoms with Crippen LogP contribution in [-0.2, 0) is 5.88 Å². The third kappa shape index (κ3) is 2.05. The van der Waals surface area contributed by atoms with Crippen LogP contribution in [0.15, 0.2) is 42.0 Å². The monoisotopic (exact) mass is 275 g/mol. The van der Waals surface area contributed by atoms with E-state index in [0.717, 1.165) is 27.3 Å². The zero-order chi connectivity index (χ0) is 12.4. The zero-order valence-corrected chi connectivity index (χ0v) is 11.0. The van der Waals surface area contributed by atoms with Crippen LogP contribution in [0.2, 0.25) is 0 Å². The Labute approximate surface area is 113 Å². The Morgan fingerprint density at radius 3 is 2.94 bits per heavy atom. The SMILES string of the molecule is ClCc1ccccc1Nc1ncnc2sccc12. The molecule has 5 heteroatoms. The number of nitrogens with one attached hydrogen (secondary N) is 1. The van der Waals surface area contributed by atoms with Gasteiger partial charge in [-0.15, -0.1) is 22.9 Å². The summed E-state index contributed by atoms with van der Waals surface area (Å²) in [4.78, 5) is 9.50. The molecule has 0 unspecified atom stereocenters. The van der Waals surface area contributed by atoms with Gasteiger partial charge in [0.1, 0.15) is 17.0 Å². The molecule has 0 radical (unpaired) electrons. The number of anilines is 2. The molecule has 1 aromatic carbocycles. The molecule has 3 aromatic rings. The molecule has 0 amide bonds. The summed E-state index contributed by atoms with van der Waals surface area (Å²) in [5, 5.41) is 6.37. The van der Waals surface area contributed by atoms with Crippen molar-refractivity contribution in [3.8, 4) is 0 Å². The molecule has 0 aliphatic rings.